The van der Waals surface area contributed by atoms with Crippen molar-refractivity contribution in [3.8, 4) is 17.2 Å². The summed E-state index contributed by atoms with van der Waals surface area (Å²) in [7, 11) is 1.52. The van der Waals surface area contributed by atoms with Crippen molar-refractivity contribution in [3.63, 3.8) is 0 Å². The number of esters is 1. The van der Waals surface area contributed by atoms with E-state index in [0.717, 1.165) is 4.90 Å². The van der Waals surface area contributed by atoms with Gasteiger partial charge in [0.25, 0.3) is 11.8 Å². The Kier molecular flexibility index (Phi) is 7.03. The van der Waals surface area contributed by atoms with Gasteiger partial charge < -0.3 is 19.5 Å². The van der Waals surface area contributed by atoms with Crippen LogP contribution in [0.3, 0.4) is 0 Å². The zero-order chi connectivity index (χ0) is 24.9. The fourth-order valence-electron chi connectivity index (χ4n) is 3.37. The predicted octanol–water partition coefficient (Wildman–Crippen LogP) is 4.75. The average Bonchev–Trinajstić information content (AvgIpc) is 3.08. The lowest BCUT2D eigenvalue weighted by atomic mass is 10.2. The number of imide groups is 1. The standard InChI is InChI=1S/C26H21ClN2O6/c1-3-34-19-13-11-18(12-14-19)29-24(30)22(27)23(25(29)31)28-17-9-7-16(8-10-17)26(32)35-21-6-4-5-20(15-21)33-2/h4-15,28H,3H2,1-2H3. The van der Waals surface area contributed by atoms with Gasteiger partial charge in [0, 0.05) is 11.8 Å². The molecule has 0 spiro atoms. The topological polar surface area (TPSA) is 94.2 Å². The number of benzene rings is 3. The van der Waals surface area contributed by atoms with Crippen molar-refractivity contribution < 1.29 is 28.6 Å². The van der Waals surface area contributed by atoms with Crippen LogP contribution < -0.4 is 24.4 Å². The van der Waals surface area contributed by atoms with E-state index in [-0.39, 0.29) is 10.7 Å². The molecule has 0 aromatic heterocycles. The molecule has 0 bridgehead atoms. The van der Waals surface area contributed by atoms with Gasteiger partial charge in [-0.3, -0.25) is 9.59 Å². The zero-order valence-corrected chi connectivity index (χ0v) is 19.7. The number of nitrogens with one attached hydrogen (secondary N) is 1. The Morgan fingerprint density at radius 3 is 2.26 bits per heavy atom. The number of amides is 2. The molecule has 9 heteroatoms. The molecule has 0 saturated heterocycles. The Labute approximate surface area is 206 Å². The highest BCUT2D eigenvalue weighted by Crippen LogP contribution is 2.31. The van der Waals surface area contributed by atoms with Crippen LogP contribution in [-0.4, -0.2) is 31.5 Å². The second-order valence-corrected chi connectivity index (χ2v) is 7.71. The molecule has 4 rings (SSSR count). The SMILES string of the molecule is CCOc1ccc(N2C(=O)C(Cl)=C(Nc3ccc(C(=O)Oc4cccc(OC)c4)cc3)C2=O)cc1. The van der Waals surface area contributed by atoms with Gasteiger partial charge in [-0.1, -0.05) is 17.7 Å². The lowest BCUT2D eigenvalue weighted by Crippen LogP contribution is -2.32. The van der Waals surface area contributed by atoms with E-state index in [9.17, 15) is 14.4 Å². The third-order valence-electron chi connectivity index (χ3n) is 5.07. The molecular formula is C26H21ClN2O6. The lowest BCUT2D eigenvalue weighted by molar-refractivity contribution is -0.120. The summed E-state index contributed by atoms with van der Waals surface area (Å²) in [6, 6.07) is 19.5. The van der Waals surface area contributed by atoms with E-state index in [1.54, 1.807) is 60.7 Å². The third-order valence-corrected chi connectivity index (χ3v) is 5.43. The summed E-state index contributed by atoms with van der Waals surface area (Å²) in [4.78, 5) is 39.1. The van der Waals surface area contributed by atoms with E-state index >= 15 is 0 Å². The Balaban J connectivity index is 1.45. The molecule has 178 valence electrons. The summed E-state index contributed by atoms with van der Waals surface area (Å²) in [5, 5.41) is 2.64. The minimum absolute atomic E-state index is 0.0581. The average molecular weight is 493 g/mol. The molecule has 3 aromatic carbocycles. The number of nitrogens with zero attached hydrogens (tertiary/aromatic N) is 1. The zero-order valence-electron chi connectivity index (χ0n) is 18.9. The number of anilines is 2. The fourth-order valence-corrected chi connectivity index (χ4v) is 3.58. The van der Waals surface area contributed by atoms with Gasteiger partial charge in [0.05, 0.1) is 25.0 Å². The summed E-state index contributed by atoms with van der Waals surface area (Å²) < 4.78 is 15.9. The largest absolute Gasteiger partial charge is 0.497 e. The second kappa shape index (κ2) is 10.3. The molecule has 0 unspecified atom stereocenters. The highest BCUT2D eigenvalue weighted by atomic mass is 35.5. The van der Waals surface area contributed by atoms with Gasteiger partial charge in [-0.2, -0.15) is 0 Å². The first kappa shape index (κ1) is 23.8. The number of halogens is 1. The van der Waals surface area contributed by atoms with Gasteiger partial charge in [0.1, 0.15) is 28.0 Å². The highest BCUT2D eigenvalue weighted by Gasteiger charge is 2.39. The van der Waals surface area contributed by atoms with E-state index in [2.05, 4.69) is 5.32 Å². The molecule has 35 heavy (non-hydrogen) atoms. The lowest BCUT2D eigenvalue weighted by Gasteiger charge is -2.15. The first-order valence-corrected chi connectivity index (χ1v) is 11.0. The van der Waals surface area contributed by atoms with Crippen LogP contribution in [-0.2, 0) is 9.59 Å². The van der Waals surface area contributed by atoms with Gasteiger partial charge >= 0.3 is 5.97 Å². The van der Waals surface area contributed by atoms with Crippen LogP contribution in [0.5, 0.6) is 17.2 Å². The molecule has 1 aliphatic rings. The van der Waals surface area contributed by atoms with Crippen LogP contribution in [0.2, 0.25) is 0 Å². The smallest absolute Gasteiger partial charge is 0.343 e. The number of hydrogen-bond acceptors (Lipinski definition) is 7. The molecule has 1 heterocycles. The monoisotopic (exact) mass is 492 g/mol. The molecule has 3 aromatic rings. The number of carbonyl (C=O) groups excluding carboxylic acids is 3. The first-order chi connectivity index (χ1) is 16.9. The van der Waals surface area contributed by atoms with E-state index in [1.807, 2.05) is 6.92 Å². The van der Waals surface area contributed by atoms with E-state index in [4.69, 9.17) is 25.8 Å². The summed E-state index contributed by atoms with van der Waals surface area (Å²) >= 11 is 6.19. The fraction of sp³-hybridized carbons (Fsp3) is 0.115. The number of carbonyl (C=O) groups is 3. The van der Waals surface area contributed by atoms with Crippen molar-refractivity contribution in [1.29, 1.82) is 0 Å². The number of methoxy groups -OCH3 is 1. The van der Waals surface area contributed by atoms with E-state index < -0.39 is 17.8 Å². The molecule has 0 fully saturated rings. The van der Waals surface area contributed by atoms with Crippen LogP contribution in [0.25, 0.3) is 0 Å². The quantitative estimate of drug-likeness (QED) is 0.275. The minimum Gasteiger partial charge on any atom is -0.497 e. The van der Waals surface area contributed by atoms with Crippen LogP contribution in [0.4, 0.5) is 11.4 Å². The highest BCUT2D eigenvalue weighted by molar-refractivity contribution is 6.53. The summed E-state index contributed by atoms with van der Waals surface area (Å²) in [6.45, 7) is 2.36. The summed E-state index contributed by atoms with van der Waals surface area (Å²) in [5.74, 6) is -0.255. The molecule has 0 saturated carbocycles. The van der Waals surface area contributed by atoms with Crippen LogP contribution in [0.15, 0.2) is 83.5 Å². The Hall–Kier alpha value is -4.30. The maximum absolute atomic E-state index is 13.0. The van der Waals surface area contributed by atoms with Gasteiger partial charge in [-0.25, -0.2) is 9.69 Å². The van der Waals surface area contributed by atoms with Crippen molar-refractivity contribution in [1.82, 2.24) is 0 Å². The Morgan fingerprint density at radius 2 is 1.60 bits per heavy atom. The predicted molar refractivity (Wildman–Crippen MR) is 131 cm³/mol. The van der Waals surface area contributed by atoms with Crippen molar-refractivity contribution in [3.05, 3.63) is 89.1 Å². The molecule has 8 nitrogen and oxygen atoms in total. The van der Waals surface area contributed by atoms with Crippen molar-refractivity contribution >= 4 is 40.8 Å². The second-order valence-electron chi connectivity index (χ2n) is 7.33. The van der Waals surface area contributed by atoms with Gasteiger partial charge in [0.2, 0.25) is 0 Å². The maximum Gasteiger partial charge on any atom is 0.343 e. The normalized spacial score (nSPS) is 13.2. The molecule has 0 radical (unpaired) electrons. The molecule has 1 N–H and O–H groups in total. The molecule has 0 atom stereocenters. The van der Waals surface area contributed by atoms with Gasteiger partial charge in [-0.15, -0.1) is 0 Å². The van der Waals surface area contributed by atoms with Gasteiger partial charge in [0.15, 0.2) is 0 Å². The van der Waals surface area contributed by atoms with E-state index in [1.165, 1.54) is 19.2 Å². The molecule has 1 aliphatic heterocycles. The van der Waals surface area contributed by atoms with Crippen LogP contribution in [0.1, 0.15) is 17.3 Å². The molecule has 0 aliphatic carbocycles. The number of ether oxygens (including phenoxy) is 3. The number of rotatable bonds is 8. The Bertz CT molecular complexity index is 1300. The van der Waals surface area contributed by atoms with Crippen molar-refractivity contribution in [2.75, 3.05) is 23.9 Å². The molecule has 2 amide bonds. The molecular weight excluding hydrogens is 472 g/mol. The van der Waals surface area contributed by atoms with Crippen molar-refractivity contribution in [2.45, 2.75) is 6.92 Å². The number of hydrogen-bond donors (Lipinski definition) is 1. The summed E-state index contributed by atoms with van der Waals surface area (Å²) in [5.41, 5.74) is 1.07. The van der Waals surface area contributed by atoms with Crippen LogP contribution in [0, 0.1) is 0 Å². The minimum atomic E-state index is -0.637. The maximum atomic E-state index is 13.0. The van der Waals surface area contributed by atoms with Crippen LogP contribution >= 0.6 is 11.6 Å². The van der Waals surface area contributed by atoms with Crippen molar-refractivity contribution in [2.24, 2.45) is 0 Å². The Morgan fingerprint density at radius 1 is 0.914 bits per heavy atom. The first-order valence-electron chi connectivity index (χ1n) is 10.7. The van der Waals surface area contributed by atoms with Gasteiger partial charge in [-0.05, 0) is 67.6 Å². The third kappa shape index (κ3) is 5.12. The summed E-state index contributed by atoms with van der Waals surface area (Å²) in [6.07, 6.45) is 0. The van der Waals surface area contributed by atoms with E-state index in [0.29, 0.717) is 40.8 Å².